The van der Waals surface area contributed by atoms with Gasteiger partial charge in [-0.3, -0.25) is 9.97 Å². The highest BCUT2D eigenvalue weighted by Crippen LogP contribution is 2.06. The van der Waals surface area contributed by atoms with E-state index in [1.54, 1.807) is 31.0 Å². The first-order valence-electron chi connectivity index (χ1n) is 4.87. The van der Waals surface area contributed by atoms with E-state index in [4.69, 9.17) is 9.47 Å². The first kappa shape index (κ1) is 10.4. The number of hydrogen-bond acceptors (Lipinski definition) is 5. The highest BCUT2D eigenvalue weighted by Gasteiger charge is 1.95. The third-order valence-electron chi connectivity index (χ3n) is 1.78. The molecule has 0 aliphatic rings. The molecule has 82 valence electrons. The summed E-state index contributed by atoms with van der Waals surface area (Å²) >= 11 is 0. The van der Waals surface area contributed by atoms with Crippen molar-refractivity contribution in [1.29, 1.82) is 0 Å². The lowest BCUT2D eigenvalue weighted by molar-refractivity contribution is 0.211. The Morgan fingerprint density at radius 1 is 0.938 bits per heavy atom. The second-order valence-corrected chi connectivity index (χ2v) is 2.93. The maximum absolute atomic E-state index is 5.39. The van der Waals surface area contributed by atoms with Gasteiger partial charge in [-0.1, -0.05) is 0 Å². The maximum atomic E-state index is 5.39. The van der Waals surface area contributed by atoms with E-state index < -0.39 is 0 Å². The molecule has 0 saturated carbocycles. The van der Waals surface area contributed by atoms with Crippen molar-refractivity contribution in [2.75, 3.05) is 13.2 Å². The minimum atomic E-state index is 0.424. The molecule has 16 heavy (non-hydrogen) atoms. The van der Waals surface area contributed by atoms with Gasteiger partial charge in [0.05, 0.1) is 12.4 Å². The molecular formula is C11H11N3O2. The molecule has 0 fully saturated rings. The van der Waals surface area contributed by atoms with Crippen molar-refractivity contribution in [3.05, 3.63) is 43.1 Å². The summed E-state index contributed by atoms with van der Waals surface area (Å²) in [5.41, 5.74) is 0. The van der Waals surface area contributed by atoms with E-state index in [0.29, 0.717) is 19.1 Å². The zero-order valence-corrected chi connectivity index (χ0v) is 8.61. The Balaban J connectivity index is 1.70. The summed E-state index contributed by atoms with van der Waals surface area (Å²) in [7, 11) is 0. The second kappa shape index (κ2) is 5.65. The van der Waals surface area contributed by atoms with E-state index >= 15 is 0 Å². The van der Waals surface area contributed by atoms with Crippen LogP contribution in [-0.2, 0) is 0 Å². The summed E-state index contributed by atoms with van der Waals surface area (Å²) in [5.74, 6) is 1.22. The van der Waals surface area contributed by atoms with Crippen molar-refractivity contribution in [3.63, 3.8) is 0 Å². The van der Waals surface area contributed by atoms with Crippen LogP contribution in [0.1, 0.15) is 0 Å². The average Bonchev–Trinajstić information content (AvgIpc) is 2.37. The minimum absolute atomic E-state index is 0.424. The molecule has 5 heteroatoms. The molecule has 2 aromatic rings. The van der Waals surface area contributed by atoms with E-state index in [1.165, 1.54) is 0 Å². The van der Waals surface area contributed by atoms with E-state index in [-0.39, 0.29) is 0 Å². The van der Waals surface area contributed by atoms with Crippen LogP contribution in [0.25, 0.3) is 0 Å². The minimum Gasteiger partial charge on any atom is -0.488 e. The predicted molar refractivity (Wildman–Crippen MR) is 57.3 cm³/mol. The Bertz CT molecular complexity index is 367. The second-order valence-electron chi connectivity index (χ2n) is 2.93. The SMILES string of the molecule is c1cncc(OCCOc2cnccn2)c1. The number of pyridine rings is 1. The molecular weight excluding hydrogens is 206 g/mol. The topological polar surface area (TPSA) is 57.1 Å². The zero-order chi connectivity index (χ0) is 11.1. The molecule has 0 amide bonds. The molecule has 5 nitrogen and oxygen atoms in total. The van der Waals surface area contributed by atoms with Crippen LogP contribution in [0, 0.1) is 0 Å². The number of nitrogens with zero attached hydrogens (tertiary/aromatic N) is 3. The van der Waals surface area contributed by atoms with Crippen molar-refractivity contribution in [3.8, 4) is 11.6 Å². The van der Waals surface area contributed by atoms with E-state index in [9.17, 15) is 0 Å². The van der Waals surface area contributed by atoms with Crippen LogP contribution in [0.3, 0.4) is 0 Å². The van der Waals surface area contributed by atoms with Crippen LogP contribution in [0.2, 0.25) is 0 Å². The molecule has 0 aliphatic carbocycles. The fourth-order valence-electron chi connectivity index (χ4n) is 1.10. The van der Waals surface area contributed by atoms with Crippen molar-refractivity contribution in [2.45, 2.75) is 0 Å². The van der Waals surface area contributed by atoms with Gasteiger partial charge in [-0.15, -0.1) is 0 Å². The monoisotopic (exact) mass is 217 g/mol. The Labute approximate surface area is 93.1 Å². The molecule has 0 bridgehead atoms. The van der Waals surface area contributed by atoms with Crippen LogP contribution in [0.5, 0.6) is 11.6 Å². The number of ether oxygens (including phenoxy) is 2. The summed E-state index contributed by atoms with van der Waals surface area (Å²) in [4.78, 5) is 11.8. The smallest absolute Gasteiger partial charge is 0.232 e. The first-order chi connectivity index (χ1) is 7.95. The molecule has 0 atom stereocenters. The van der Waals surface area contributed by atoms with Crippen molar-refractivity contribution in [1.82, 2.24) is 15.0 Å². The zero-order valence-electron chi connectivity index (χ0n) is 8.61. The Morgan fingerprint density at radius 2 is 1.81 bits per heavy atom. The Hall–Kier alpha value is -2.17. The Kier molecular flexibility index (Phi) is 3.65. The highest BCUT2D eigenvalue weighted by molar-refractivity contribution is 5.15. The molecule has 0 N–H and O–H groups in total. The van der Waals surface area contributed by atoms with E-state index in [1.807, 2.05) is 12.1 Å². The van der Waals surface area contributed by atoms with Crippen molar-refractivity contribution < 1.29 is 9.47 Å². The van der Waals surface area contributed by atoms with Crippen LogP contribution in [0.15, 0.2) is 43.1 Å². The standard InChI is InChI=1S/C11H11N3O2/c1-2-10(8-12-3-1)15-6-7-16-11-9-13-4-5-14-11/h1-5,8-9H,6-7H2. The molecule has 0 spiro atoms. The van der Waals surface area contributed by atoms with Gasteiger partial charge in [0.15, 0.2) is 0 Å². The lowest BCUT2D eigenvalue weighted by Crippen LogP contribution is -2.09. The van der Waals surface area contributed by atoms with Crippen LogP contribution in [-0.4, -0.2) is 28.2 Å². The predicted octanol–water partition coefficient (Wildman–Crippen LogP) is 1.33. The van der Waals surface area contributed by atoms with Gasteiger partial charge in [0, 0.05) is 18.6 Å². The lowest BCUT2D eigenvalue weighted by atomic mass is 10.5. The summed E-state index contributed by atoms with van der Waals surface area (Å²) in [6.07, 6.45) is 8.09. The molecule has 0 aliphatic heterocycles. The molecule has 2 aromatic heterocycles. The first-order valence-corrected chi connectivity index (χ1v) is 4.87. The summed E-state index contributed by atoms with van der Waals surface area (Å²) in [6.45, 7) is 0.871. The van der Waals surface area contributed by atoms with Crippen molar-refractivity contribution >= 4 is 0 Å². The largest absolute Gasteiger partial charge is 0.488 e. The molecule has 0 radical (unpaired) electrons. The van der Waals surface area contributed by atoms with Gasteiger partial charge >= 0.3 is 0 Å². The number of aromatic nitrogens is 3. The third-order valence-corrected chi connectivity index (χ3v) is 1.78. The molecule has 0 saturated heterocycles. The fourth-order valence-corrected chi connectivity index (χ4v) is 1.10. The summed E-state index contributed by atoms with van der Waals surface area (Å²) in [5, 5.41) is 0. The van der Waals surface area contributed by atoms with Crippen LogP contribution in [0.4, 0.5) is 0 Å². The maximum Gasteiger partial charge on any atom is 0.232 e. The van der Waals surface area contributed by atoms with E-state index in [2.05, 4.69) is 15.0 Å². The van der Waals surface area contributed by atoms with Gasteiger partial charge in [-0.05, 0) is 12.1 Å². The number of hydrogen-bond donors (Lipinski definition) is 0. The third kappa shape index (κ3) is 3.20. The van der Waals surface area contributed by atoms with Gasteiger partial charge in [0.25, 0.3) is 0 Å². The fraction of sp³-hybridized carbons (Fsp3) is 0.182. The number of rotatable bonds is 5. The van der Waals surface area contributed by atoms with Gasteiger partial charge in [-0.2, -0.15) is 0 Å². The molecule has 0 unspecified atom stereocenters. The quantitative estimate of drug-likeness (QED) is 0.707. The highest BCUT2D eigenvalue weighted by atomic mass is 16.5. The normalized spacial score (nSPS) is 9.75. The van der Waals surface area contributed by atoms with Crippen molar-refractivity contribution in [2.24, 2.45) is 0 Å². The van der Waals surface area contributed by atoms with Crippen LogP contribution < -0.4 is 9.47 Å². The molecule has 2 heterocycles. The lowest BCUT2D eigenvalue weighted by Gasteiger charge is -2.06. The van der Waals surface area contributed by atoms with E-state index in [0.717, 1.165) is 5.75 Å². The van der Waals surface area contributed by atoms with Crippen LogP contribution >= 0.6 is 0 Å². The van der Waals surface area contributed by atoms with Gasteiger partial charge in [-0.25, -0.2) is 4.98 Å². The molecule has 0 aromatic carbocycles. The Morgan fingerprint density at radius 3 is 2.56 bits per heavy atom. The van der Waals surface area contributed by atoms with Gasteiger partial charge in [0.1, 0.15) is 19.0 Å². The summed E-state index contributed by atoms with van der Waals surface area (Å²) in [6, 6.07) is 3.66. The van der Waals surface area contributed by atoms with Gasteiger partial charge in [0.2, 0.25) is 5.88 Å². The summed E-state index contributed by atoms with van der Waals surface area (Å²) < 4.78 is 10.7. The molecule has 2 rings (SSSR count). The van der Waals surface area contributed by atoms with Gasteiger partial charge < -0.3 is 9.47 Å². The average molecular weight is 217 g/mol.